The van der Waals surface area contributed by atoms with E-state index in [1.165, 1.54) is 0 Å². The normalized spacial score (nSPS) is 12.2. The van der Waals surface area contributed by atoms with Crippen LogP contribution < -0.4 is 16.4 Å². The van der Waals surface area contributed by atoms with Crippen LogP contribution in [-0.2, 0) is 4.79 Å². The molecule has 4 nitrogen and oxygen atoms in total. The predicted octanol–water partition coefficient (Wildman–Crippen LogP) is -0.384. The highest BCUT2D eigenvalue weighted by Crippen LogP contribution is 1.91. The van der Waals surface area contributed by atoms with Crippen molar-refractivity contribution in [2.24, 2.45) is 5.73 Å². The molecular weight excluding hydrogens is 166 g/mol. The zero-order valence-electron chi connectivity index (χ0n) is 8.39. The average molecular weight is 185 g/mol. The minimum Gasteiger partial charge on any atom is -0.359 e. The zero-order chi connectivity index (χ0) is 10.3. The number of carbonyl (C=O) groups excluding carboxylic acids is 1. The van der Waals surface area contributed by atoms with E-state index in [4.69, 9.17) is 5.73 Å². The second-order valence-corrected chi connectivity index (χ2v) is 3.15. The maximum Gasteiger partial charge on any atom is 0.221 e. The van der Waals surface area contributed by atoms with Crippen LogP contribution in [0.3, 0.4) is 0 Å². The maximum absolute atomic E-state index is 11.0. The molecule has 0 bridgehead atoms. The summed E-state index contributed by atoms with van der Waals surface area (Å²) in [6.07, 6.45) is 0.417. The molecular formula is C9H19N3O. The first-order valence-electron chi connectivity index (χ1n) is 4.38. The van der Waals surface area contributed by atoms with Crippen molar-refractivity contribution in [1.82, 2.24) is 10.6 Å². The van der Waals surface area contributed by atoms with E-state index in [9.17, 15) is 4.79 Å². The van der Waals surface area contributed by atoms with E-state index < -0.39 is 0 Å². The summed E-state index contributed by atoms with van der Waals surface area (Å²) in [6, 6.07) is 0.0386. The number of rotatable bonds is 6. The molecule has 0 spiro atoms. The zero-order valence-corrected chi connectivity index (χ0v) is 8.39. The molecule has 0 aromatic rings. The van der Waals surface area contributed by atoms with Gasteiger partial charge in [-0.3, -0.25) is 4.79 Å². The first-order valence-corrected chi connectivity index (χ1v) is 4.38. The van der Waals surface area contributed by atoms with Gasteiger partial charge in [-0.15, -0.1) is 0 Å². The van der Waals surface area contributed by atoms with E-state index in [2.05, 4.69) is 17.2 Å². The van der Waals surface area contributed by atoms with Gasteiger partial charge in [-0.05, 0) is 6.92 Å². The van der Waals surface area contributed by atoms with Gasteiger partial charge in [-0.2, -0.15) is 0 Å². The van der Waals surface area contributed by atoms with Gasteiger partial charge < -0.3 is 16.4 Å². The van der Waals surface area contributed by atoms with Crippen LogP contribution in [0.25, 0.3) is 0 Å². The Morgan fingerprint density at radius 3 is 2.62 bits per heavy atom. The van der Waals surface area contributed by atoms with Gasteiger partial charge in [-0.25, -0.2) is 0 Å². The van der Waals surface area contributed by atoms with Gasteiger partial charge in [0.1, 0.15) is 0 Å². The molecule has 0 aromatic carbocycles. The van der Waals surface area contributed by atoms with Crippen LogP contribution >= 0.6 is 0 Å². The van der Waals surface area contributed by atoms with Crippen molar-refractivity contribution >= 4 is 5.91 Å². The molecule has 0 aromatic heterocycles. The molecule has 1 amide bonds. The van der Waals surface area contributed by atoms with Crippen LogP contribution in [0.5, 0.6) is 0 Å². The van der Waals surface area contributed by atoms with Gasteiger partial charge in [0.25, 0.3) is 0 Å². The van der Waals surface area contributed by atoms with E-state index >= 15 is 0 Å². The summed E-state index contributed by atoms with van der Waals surface area (Å²) in [5.74, 6) is 0.00432. The number of hydrogen-bond donors (Lipinski definition) is 3. The van der Waals surface area contributed by atoms with Crippen LogP contribution in [0.4, 0.5) is 0 Å². The lowest BCUT2D eigenvalue weighted by Gasteiger charge is -2.15. The molecule has 0 radical (unpaired) electrons. The van der Waals surface area contributed by atoms with Crippen molar-refractivity contribution in [1.29, 1.82) is 0 Å². The van der Waals surface area contributed by atoms with Gasteiger partial charge in [-0.1, -0.05) is 12.2 Å². The fourth-order valence-corrected chi connectivity index (χ4v) is 0.883. The highest BCUT2D eigenvalue weighted by molar-refractivity contribution is 5.76. The molecule has 76 valence electrons. The fourth-order valence-electron chi connectivity index (χ4n) is 0.883. The summed E-state index contributed by atoms with van der Waals surface area (Å²) >= 11 is 0. The van der Waals surface area contributed by atoms with Crippen LogP contribution in [0, 0.1) is 0 Å². The molecule has 0 fully saturated rings. The Labute approximate surface area is 79.6 Å². The van der Waals surface area contributed by atoms with Crippen molar-refractivity contribution in [3.05, 3.63) is 12.2 Å². The van der Waals surface area contributed by atoms with Crippen LogP contribution in [0.1, 0.15) is 13.3 Å². The van der Waals surface area contributed by atoms with Crippen molar-refractivity contribution in [3.63, 3.8) is 0 Å². The number of nitrogens with two attached hydrogens (primary N) is 1. The average Bonchev–Trinajstić information content (AvgIpc) is 2.11. The molecule has 0 aliphatic carbocycles. The molecule has 0 saturated heterocycles. The summed E-state index contributed by atoms with van der Waals surface area (Å²) in [6.45, 7) is 6.85. The Balaban J connectivity index is 3.75. The first-order chi connectivity index (χ1) is 6.10. The Bertz CT molecular complexity index is 180. The molecule has 0 rings (SSSR count). The minimum atomic E-state index is 0.00432. The highest BCUT2D eigenvalue weighted by Gasteiger charge is 2.09. The third kappa shape index (κ3) is 6.31. The standard InChI is InChI=1S/C9H19N3O/c1-7(2)6-12-8(5-10)4-9(13)11-3/h8,12H,1,4-6,10H2,2-3H3,(H,11,13). The Morgan fingerprint density at radius 2 is 2.23 bits per heavy atom. The third-order valence-electron chi connectivity index (χ3n) is 1.69. The number of hydrogen-bond acceptors (Lipinski definition) is 3. The van der Waals surface area contributed by atoms with E-state index in [1.54, 1.807) is 7.05 Å². The monoisotopic (exact) mass is 185 g/mol. The van der Waals surface area contributed by atoms with Crippen LogP contribution in [-0.4, -0.2) is 32.1 Å². The van der Waals surface area contributed by atoms with Gasteiger partial charge in [0.2, 0.25) is 5.91 Å². The Kier molecular flexibility index (Phi) is 6.18. The van der Waals surface area contributed by atoms with E-state index in [-0.39, 0.29) is 11.9 Å². The summed E-state index contributed by atoms with van der Waals surface area (Å²) in [5.41, 5.74) is 6.53. The molecule has 0 aliphatic heterocycles. The molecule has 1 unspecified atom stereocenters. The van der Waals surface area contributed by atoms with Crippen LogP contribution in [0.15, 0.2) is 12.2 Å². The van der Waals surface area contributed by atoms with E-state index in [0.717, 1.165) is 5.57 Å². The van der Waals surface area contributed by atoms with Gasteiger partial charge in [0.15, 0.2) is 0 Å². The van der Waals surface area contributed by atoms with Crippen molar-refractivity contribution in [3.8, 4) is 0 Å². The largest absolute Gasteiger partial charge is 0.359 e. The summed E-state index contributed by atoms with van der Waals surface area (Å²) in [4.78, 5) is 11.0. The molecule has 0 aliphatic rings. The van der Waals surface area contributed by atoms with E-state index in [0.29, 0.717) is 19.5 Å². The quantitative estimate of drug-likeness (QED) is 0.494. The Hall–Kier alpha value is -0.870. The van der Waals surface area contributed by atoms with E-state index in [1.807, 2.05) is 6.92 Å². The van der Waals surface area contributed by atoms with Crippen LogP contribution in [0.2, 0.25) is 0 Å². The molecule has 4 N–H and O–H groups in total. The minimum absolute atomic E-state index is 0.00432. The lowest BCUT2D eigenvalue weighted by atomic mass is 10.2. The maximum atomic E-state index is 11.0. The lowest BCUT2D eigenvalue weighted by molar-refractivity contribution is -0.121. The molecule has 13 heavy (non-hydrogen) atoms. The fraction of sp³-hybridized carbons (Fsp3) is 0.667. The second kappa shape index (κ2) is 6.62. The summed E-state index contributed by atoms with van der Waals surface area (Å²) in [5, 5.41) is 5.71. The topological polar surface area (TPSA) is 67.1 Å². The number of carbonyl (C=O) groups is 1. The molecule has 0 heterocycles. The smallest absolute Gasteiger partial charge is 0.221 e. The van der Waals surface area contributed by atoms with Gasteiger partial charge >= 0.3 is 0 Å². The second-order valence-electron chi connectivity index (χ2n) is 3.15. The summed E-state index contributed by atoms with van der Waals surface area (Å²) < 4.78 is 0. The molecule has 0 saturated carbocycles. The van der Waals surface area contributed by atoms with Gasteiger partial charge in [0, 0.05) is 32.6 Å². The SMILES string of the molecule is C=C(C)CNC(CN)CC(=O)NC. The lowest BCUT2D eigenvalue weighted by Crippen LogP contribution is -2.40. The molecule has 4 heteroatoms. The number of nitrogens with one attached hydrogen (secondary N) is 2. The van der Waals surface area contributed by atoms with Crippen molar-refractivity contribution < 1.29 is 4.79 Å². The van der Waals surface area contributed by atoms with Crippen molar-refractivity contribution in [2.45, 2.75) is 19.4 Å². The van der Waals surface area contributed by atoms with Crippen molar-refractivity contribution in [2.75, 3.05) is 20.1 Å². The van der Waals surface area contributed by atoms with Gasteiger partial charge in [0.05, 0.1) is 0 Å². The highest BCUT2D eigenvalue weighted by atomic mass is 16.1. The first kappa shape index (κ1) is 12.1. The summed E-state index contributed by atoms with van der Waals surface area (Å²) in [7, 11) is 1.62. The third-order valence-corrected chi connectivity index (χ3v) is 1.69. The number of amides is 1. The predicted molar refractivity (Wildman–Crippen MR) is 54.3 cm³/mol. The Morgan fingerprint density at radius 1 is 1.62 bits per heavy atom. The molecule has 1 atom stereocenters.